The van der Waals surface area contributed by atoms with Gasteiger partial charge in [-0.1, -0.05) is 0 Å². The molecule has 0 aliphatic heterocycles. The SMILES string of the molecule is CCc1ccc(O)c(CP(Cl)(c2ccccc2)(c2ccccc2)c2ccccc2)c1. The summed E-state index contributed by atoms with van der Waals surface area (Å²) in [5.74, 6) is -3.14. The molecule has 30 heavy (non-hydrogen) atoms. The Morgan fingerprint density at radius 2 is 1.10 bits per heavy atom. The Morgan fingerprint density at radius 1 is 0.667 bits per heavy atom. The number of aryl methyl sites for hydroxylation is 1. The van der Waals surface area contributed by atoms with Crippen LogP contribution in [0.1, 0.15) is 18.1 Å². The van der Waals surface area contributed by atoms with Gasteiger partial charge in [-0.3, -0.25) is 0 Å². The molecule has 4 rings (SSSR count). The van der Waals surface area contributed by atoms with E-state index >= 15 is 0 Å². The molecule has 1 nitrogen and oxygen atoms in total. The van der Waals surface area contributed by atoms with Crippen LogP contribution in [0, 0.1) is 0 Å². The van der Waals surface area contributed by atoms with E-state index in [1.54, 1.807) is 6.07 Å². The van der Waals surface area contributed by atoms with Crippen molar-refractivity contribution in [2.24, 2.45) is 0 Å². The van der Waals surface area contributed by atoms with Gasteiger partial charge in [-0.2, -0.15) is 0 Å². The summed E-state index contributed by atoms with van der Waals surface area (Å²) in [6.45, 7) is 2.13. The van der Waals surface area contributed by atoms with Crippen molar-refractivity contribution in [3.05, 3.63) is 120 Å². The van der Waals surface area contributed by atoms with Crippen molar-refractivity contribution in [2.45, 2.75) is 19.5 Å². The number of hydrogen-bond donors (Lipinski definition) is 1. The Kier molecular flexibility index (Phi) is 5.69. The first-order chi connectivity index (χ1) is 14.6. The van der Waals surface area contributed by atoms with Crippen molar-refractivity contribution in [3.63, 3.8) is 0 Å². The average molecular weight is 433 g/mol. The quantitative estimate of drug-likeness (QED) is 0.363. The molecule has 0 saturated heterocycles. The number of benzene rings is 4. The molecule has 0 spiro atoms. The normalized spacial score (nSPS) is 12.8. The Hall–Kier alpha value is -2.60. The van der Waals surface area contributed by atoms with Crippen LogP contribution in [0.3, 0.4) is 0 Å². The van der Waals surface area contributed by atoms with Crippen LogP contribution in [-0.4, -0.2) is 5.11 Å². The van der Waals surface area contributed by atoms with Crippen LogP contribution in [0.4, 0.5) is 0 Å². The zero-order chi connectivity index (χ0) is 21.1. The molecule has 152 valence electrons. The summed E-state index contributed by atoms with van der Waals surface area (Å²) in [5, 5.41) is 14.1. The first kappa shape index (κ1) is 20.7. The molecule has 0 heterocycles. The van der Waals surface area contributed by atoms with Gasteiger partial charge in [-0.25, -0.2) is 0 Å². The second-order valence-electron chi connectivity index (χ2n) is 7.66. The molecule has 0 bridgehead atoms. The van der Waals surface area contributed by atoms with E-state index in [-0.39, 0.29) is 0 Å². The van der Waals surface area contributed by atoms with Gasteiger partial charge in [-0.15, -0.1) is 0 Å². The minimum atomic E-state index is -3.44. The fraction of sp³-hybridized carbons (Fsp3) is 0.111. The Balaban J connectivity index is 2.09. The summed E-state index contributed by atoms with van der Waals surface area (Å²) in [5.41, 5.74) is 2.08. The number of rotatable bonds is 6. The maximum absolute atomic E-state index is 10.8. The van der Waals surface area contributed by atoms with E-state index in [2.05, 4.69) is 49.4 Å². The number of phenols is 1. The molecule has 0 unspecified atom stereocenters. The third-order valence-electron chi connectivity index (χ3n) is 5.90. The Labute approximate surface area is 183 Å². The van der Waals surface area contributed by atoms with Gasteiger partial charge in [0.2, 0.25) is 0 Å². The summed E-state index contributed by atoms with van der Waals surface area (Å²) in [6, 6.07) is 37.0. The molecule has 0 aliphatic carbocycles. The summed E-state index contributed by atoms with van der Waals surface area (Å²) in [4.78, 5) is 0. The van der Waals surface area contributed by atoms with E-state index in [0.717, 1.165) is 27.9 Å². The molecular weight excluding hydrogens is 407 g/mol. The van der Waals surface area contributed by atoms with Gasteiger partial charge in [0.1, 0.15) is 0 Å². The minimum absolute atomic E-state index is 0.296. The second-order valence-corrected chi connectivity index (χ2v) is 14.1. The van der Waals surface area contributed by atoms with Crippen LogP contribution in [0.5, 0.6) is 5.75 Å². The molecule has 0 fully saturated rings. The Morgan fingerprint density at radius 3 is 1.50 bits per heavy atom. The van der Waals surface area contributed by atoms with Gasteiger partial charge < -0.3 is 0 Å². The molecule has 0 amide bonds. The monoisotopic (exact) mass is 432 g/mol. The molecule has 0 aliphatic rings. The third kappa shape index (κ3) is 3.43. The third-order valence-corrected chi connectivity index (χ3v) is 13.1. The molecule has 0 atom stereocenters. The Bertz CT molecular complexity index is 1030. The fourth-order valence-corrected chi connectivity index (χ4v) is 10.4. The van der Waals surface area contributed by atoms with Crippen LogP contribution >= 0.6 is 17.2 Å². The van der Waals surface area contributed by atoms with Crippen LogP contribution < -0.4 is 15.9 Å². The van der Waals surface area contributed by atoms with Crippen molar-refractivity contribution in [3.8, 4) is 5.75 Å². The number of phenolic OH excluding ortho intramolecular Hbond substituents is 1. The first-order valence-corrected chi connectivity index (χ1v) is 13.6. The van der Waals surface area contributed by atoms with E-state index in [1.807, 2.05) is 60.7 Å². The zero-order valence-corrected chi connectivity index (χ0v) is 18.7. The zero-order valence-electron chi connectivity index (χ0n) is 17.1. The number of aromatic hydroxyl groups is 1. The van der Waals surface area contributed by atoms with Gasteiger partial charge >= 0.3 is 184 Å². The van der Waals surface area contributed by atoms with Crippen molar-refractivity contribution in [1.29, 1.82) is 0 Å². The van der Waals surface area contributed by atoms with E-state index < -0.39 is 5.96 Å². The average Bonchev–Trinajstić information content (AvgIpc) is 2.82. The van der Waals surface area contributed by atoms with Crippen molar-refractivity contribution in [1.82, 2.24) is 0 Å². The maximum atomic E-state index is 10.8. The summed E-state index contributed by atoms with van der Waals surface area (Å²) >= 11 is 8.10. The molecule has 1 N–H and O–H groups in total. The number of halogens is 1. The van der Waals surface area contributed by atoms with Gasteiger partial charge in [0, 0.05) is 0 Å². The van der Waals surface area contributed by atoms with E-state index in [0.29, 0.717) is 11.9 Å². The predicted molar refractivity (Wildman–Crippen MR) is 132 cm³/mol. The standard InChI is InChI=1S/C27H26ClOP/c1-2-22-18-19-27(29)23(20-22)21-30(28,24-12-6-3-7-13-24,25-14-8-4-9-15-25)26-16-10-5-11-17-26/h3-20,29H,2,21H2,1H3. The van der Waals surface area contributed by atoms with Crippen LogP contribution in [0.25, 0.3) is 0 Å². The summed E-state index contributed by atoms with van der Waals surface area (Å²) in [7, 11) is 0. The molecule has 0 aromatic heterocycles. The van der Waals surface area contributed by atoms with E-state index in [1.165, 1.54) is 5.56 Å². The first-order valence-electron chi connectivity index (χ1n) is 10.3. The molecule has 0 radical (unpaired) electrons. The molecular formula is C27H26ClOP. The summed E-state index contributed by atoms with van der Waals surface area (Å²) in [6.07, 6.45) is 1.46. The van der Waals surface area contributed by atoms with Crippen molar-refractivity contribution >= 4 is 33.1 Å². The molecule has 3 heteroatoms. The molecule has 0 saturated carbocycles. The number of hydrogen-bond acceptors (Lipinski definition) is 1. The van der Waals surface area contributed by atoms with Crippen LogP contribution in [0.2, 0.25) is 0 Å². The van der Waals surface area contributed by atoms with E-state index in [4.69, 9.17) is 11.2 Å². The topological polar surface area (TPSA) is 20.2 Å². The summed E-state index contributed by atoms with van der Waals surface area (Å²) < 4.78 is 0. The molecule has 4 aromatic rings. The van der Waals surface area contributed by atoms with Gasteiger partial charge in [0.15, 0.2) is 0 Å². The van der Waals surface area contributed by atoms with Crippen molar-refractivity contribution in [2.75, 3.05) is 0 Å². The van der Waals surface area contributed by atoms with Gasteiger partial charge in [0.05, 0.1) is 0 Å². The van der Waals surface area contributed by atoms with E-state index in [9.17, 15) is 5.11 Å². The van der Waals surface area contributed by atoms with Crippen LogP contribution in [-0.2, 0) is 12.6 Å². The second kappa shape index (κ2) is 8.26. The van der Waals surface area contributed by atoms with Gasteiger partial charge in [-0.05, 0) is 0 Å². The van der Waals surface area contributed by atoms with Gasteiger partial charge in [0.25, 0.3) is 0 Å². The molecule has 4 aromatic carbocycles. The van der Waals surface area contributed by atoms with Crippen molar-refractivity contribution < 1.29 is 5.11 Å². The predicted octanol–water partition coefficient (Wildman–Crippen LogP) is 6.14. The van der Waals surface area contributed by atoms with Crippen LogP contribution in [0.15, 0.2) is 109 Å². The fourth-order valence-electron chi connectivity index (χ4n) is 4.24.